The van der Waals surface area contributed by atoms with Crippen molar-refractivity contribution in [1.29, 1.82) is 0 Å². The molecule has 1 fully saturated rings. The monoisotopic (exact) mass is 411 g/mol. The molecular weight excluding hydrogens is 388 g/mol. The van der Waals surface area contributed by atoms with Gasteiger partial charge in [0, 0.05) is 38.9 Å². The van der Waals surface area contributed by atoms with Crippen LogP contribution in [0, 0.1) is 0 Å². The van der Waals surface area contributed by atoms with Crippen molar-refractivity contribution in [2.75, 3.05) is 49.5 Å². The van der Waals surface area contributed by atoms with E-state index < -0.39 is 16.6 Å². The number of nitrogens with zero attached hydrogens (tertiary/aromatic N) is 3. The second kappa shape index (κ2) is 8.32. The maximum atomic E-state index is 13.1. The maximum Gasteiger partial charge on any atom is 0.387 e. The molecule has 1 aliphatic rings. The van der Waals surface area contributed by atoms with Gasteiger partial charge in [-0.05, 0) is 37.4 Å². The van der Waals surface area contributed by atoms with Gasteiger partial charge in [-0.25, -0.2) is 8.42 Å². The summed E-state index contributed by atoms with van der Waals surface area (Å²) >= 11 is 0. The van der Waals surface area contributed by atoms with E-state index in [1.54, 1.807) is 18.2 Å². The molecule has 2 aromatic carbocycles. The van der Waals surface area contributed by atoms with Crippen LogP contribution in [0.5, 0.6) is 5.75 Å². The minimum atomic E-state index is -3.95. The highest BCUT2D eigenvalue weighted by atomic mass is 32.2. The summed E-state index contributed by atoms with van der Waals surface area (Å²) in [6.07, 6.45) is 0. The summed E-state index contributed by atoms with van der Waals surface area (Å²) < 4.78 is 57.0. The van der Waals surface area contributed by atoms with Crippen molar-refractivity contribution < 1.29 is 21.9 Å². The van der Waals surface area contributed by atoms with E-state index in [0.717, 1.165) is 36.2 Å². The lowest BCUT2D eigenvalue weighted by Crippen LogP contribution is -2.44. The Morgan fingerprint density at radius 1 is 1.04 bits per heavy atom. The third-order valence-electron chi connectivity index (χ3n) is 4.77. The van der Waals surface area contributed by atoms with Gasteiger partial charge in [0.15, 0.2) is 0 Å². The van der Waals surface area contributed by atoms with Gasteiger partial charge >= 0.3 is 6.61 Å². The summed E-state index contributed by atoms with van der Waals surface area (Å²) in [5.41, 5.74) is 0.868. The van der Waals surface area contributed by atoms with E-state index in [1.807, 2.05) is 13.1 Å². The average molecular weight is 411 g/mol. The number of piperazine rings is 1. The molecule has 0 saturated carbocycles. The smallest absolute Gasteiger partial charge is 0.387 e. The first-order chi connectivity index (χ1) is 13.3. The number of sulfonamides is 1. The molecule has 0 N–H and O–H groups in total. The van der Waals surface area contributed by atoms with Gasteiger partial charge in [-0.3, -0.25) is 4.31 Å². The van der Waals surface area contributed by atoms with E-state index in [0.29, 0.717) is 0 Å². The van der Waals surface area contributed by atoms with Crippen LogP contribution in [0.2, 0.25) is 0 Å². The highest BCUT2D eigenvalue weighted by molar-refractivity contribution is 7.92. The van der Waals surface area contributed by atoms with Crippen LogP contribution in [0.3, 0.4) is 0 Å². The van der Waals surface area contributed by atoms with Crippen molar-refractivity contribution in [3.8, 4) is 5.75 Å². The van der Waals surface area contributed by atoms with Crippen LogP contribution in [0.15, 0.2) is 53.4 Å². The molecule has 152 valence electrons. The highest BCUT2D eigenvalue weighted by Gasteiger charge is 2.26. The van der Waals surface area contributed by atoms with E-state index in [4.69, 9.17) is 0 Å². The molecule has 1 aliphatic heterocycles. The second-order valence-electron chi connectivity index (χ2n) is 6.61. The maximum absolute atomic E-state index is 13.1. The fraction of sp³-hybridized carbons (Fsp3) is 0.368. The van der Waals surface area contributed by atoms with Gasteiger partial charge in [0.2, 0.25) is 0 Å². The highest BCUT2D eigenvalue weighted by Crippen LogP contribution is 2.33. The zero-order chi connectivity index (χ0) is 20.3. The van der Waals surface area contributed by atoms with E-state index in [9.17, 15) is 17.2 Å². The van der Waals surface area contributed by atoms with Gasteiger partial charge in [0.1, 0.15) is 5.75 Å². The van der Waals surface area contributed by atoms with Crippen LogP contribution < -0.4 is 13.9 Å². The molecule has 3 rings (SSSR count). The molecule has 2 aromatic rings. The number of hydrogen-bond donors (Lipinski definition) is 0. The molecule has 0 radical (unpaired) electrons. The van der Waals surface area contributed by atoms with E-state index in [1.165, 1.54) is 31.3 Å². The minimum absolute atomic E-state index is 0.0489. The molecule has 0 spiro atoms. The third-order valence-corrected chi connectivity index (χ3v) is 6.53. The first kappa shape index (κ1) is 20.3. The quantitative estimate of drug-likeness (QED) is 0.732. The second-order valence-corrected chi connectivity index (χ2v) is 8.58. The van der Waals surface area contributed by atoms with Gasteiger partial charge in [0.25, 0.3) is 10.0 Å². The molecule has 0 bridgehead atoms. The predicted octanol–water partition coefficient (Wildman–Crippen LogP) is 2.86. The molecule has 0 amide bonds. The van der Waals surface area contributed by atoms with Crippen LogP contribution >= 0.6 is 0 Å². The van der Waals surface area contributed by atoms with Crippen molar-refractivity contribution in [3.63, 3.8) is 0 Å². The Morgan fingerprint density at radius 3 is 2.39 bits per heavy atom. The average Bonchev–Trinajstić information content (AvgIpc) is 2.68. The first-order valence-corrected chi connectivity index (χ1v) is 10.3. The lowest BCUT2D eigenvalue weighted by atomic mass is 10.2. The summed E-state index contributed by atoms with van der Waals surface area (Å²) in [5.74, 6) is -0.196. The number of rotatable bonds is 6. The van der Waals surface area contributed by atoms with Crippen molar-refractivity contribution >= 4 is 21.4 Å². The molecule has 0 aliphatic carbocycles. The van der Waals surface area contributed by atoms with Gasteiger partial charge in [0.05, 0.1) is 10.6 Å². The number of benzene rings is 2. The number of hydrogen-bond acceptors (Lipinski definition) is 5. The third kappa shape index (κ3) is 4.36. The Bertz CT molecular complexity index is 916. The number of anilines is 2. The number of likely N-dealkylation sites (N-methyl/N-ethyl adjacent to an activating group) is 1. The first-order valence-electron chi connectivity index (χ1n) is 8.85. The molecule has 0 aromatic heterocycles. The van der Waals surface area contributed by atoms with Crippen LogP contribution in [0.25, 0.3) is 0 Å². The number of ether oxygens (including phenoxy) is 1. The lowest BCUT2D eigenvalue weighted by molar-refractivity contribution is -0.0494. The normalized spacial score (nSPS) is 15.7. The molecule has 28 heavy (non-hydrogen) atoms. The van der Waals surface area contributed by atoms with Gasteiger partial charge < -0.3 is 14.5 Å². The zero-order valence-corrected chi connectivity index (χ0v) is 16.6. The zero-order valence-electron chi connectivity index (χ0n) is 15.8. The summed E-state index contributed by atoms with van der Waals surface area (Å²) in [6.45, 7) is 0.365. The molecule has 0 unspecified atom stereocenters. The Balaban J connectivity index is 1.90. The molecule has 1 saturated heterocycles. The molecule has 9 heteroatoms. The SMILES string of the molecule is CN1CCN(c2cccc(S(=O)(=O)N(C)c3ccccc3OC(F)F)c2)CC1. The fourth-order valence-electron chi connectivity index (χ4n) is 3.11. The standard InChI is InChI=1S/C19H23F2N3O3S/c1-22-10-12-24(13-11-22)15-6-5-7-16(14-15)28(25,26)23(2)17-8-3-4-9-18(17)27-19(20)21/h3-9,14,19H,10-13H2,1-2H3. The van der Waals surface area contributed by atoms with Crippen molar-refractivity contribution in [2.24, 2.45) is 0 Å². The summed E-state index contributed by atoms with van der Waals surface area (Å²) in [4.78, 5) is 4.44. The minimum Gasteiger partial charge on any atom is -0.433 e. The molecule has 6 nitrogen and oxygen atoms in total. The summed E-state index contributed by atoms with van der Waals surface area (Å²) in [6, 6.07) is 12.5. The Labute approximate surface area is 164 Å². The summed E-state index contributed by atoms with van der Waals surface area (Å²) in [7, 11) is -0.578. The van der Waals surface area contributed by atoms with E-state index in [-0.39, 0.29) is 16.3 Å². The van der Waals surface area contributed by atoms with Crippen LogP contribution in [-0.2, 0) is 10.0 Å². The Morgan fingerprint density at radius 2 is 1.71 bits per heavy atom. The van der Waals surface area contributed by atoms with Gasteiger partial charge in [-0.2, -0.15) is 8.78 Å². The van der Waals surface area contributed by atoms with Crippen LogP contribution in [0.1, 0.15) is 0 Å². The van der Waals surface area contributed by atoms with Gasteiger partial charge in [-0.15, -0.1) is 0 Å². The Hall–Kier alpha value is -2.39. The number of halogens is 2. The predicted molar refractivity (Wildman–Crippen MR) is 105 cm³/mol. The summed E-state index contributed by atoms with van der Waals surface area (Å²) in [5, 5.41) is 0. The largest absolute Gasteiger partial charge is 0.433 e. The van der Waals surface area contributed by atoms with Crippen LogP contribution in [-0.4, -0.2) is 60.2 Å². The molecule has 1 heterocycles. The van der Waals surface area contributed by atoms with E-state index in [2.05, 4.69) is 14.5 Å². The number of para-hydroxylation sites is 2. The van der Waals surface area contributed by atoms with Crippen LogP contribution in [0.4, 0.5) is 20.2 Å². The molecular formula is C19H23F2N3O3S. The van der Waals surface area contributed by atoms with Gasteiger partial charge in [-0.1, -0.05) is 18.2 Å². The van der Waals surface area contributed by atoms with Crippen molar-refractivity contribution in [3.05, 3.63) is 48.5 Å². The topological polar surface area (TPSA) is 53.1 Å². The fourth-order valence-corrected chi connectivity index (χ4v) is 4.35. The number of alkyl halides is 2. The van der Waals surface area contributed by atoms with Crippen molar-refractivity contribution in [1.82, 2.24) is 4.90 Å². The lowest BCUT2D eigenvalue weighted by Gasteiger charge is -2.34. The van der Waals surface area contributed by atoms with E-state index >= 15 is 0 Å². The Kier molecular flexibility index (Phi) is 6.04. The molecule has 0 atom stereocenters. The van der Waals surface area contributed by atoms with Crippen molar-refractivity contribution in [2.45, 2.75) is 11.5 Å².